The van der Waals surface area contributed by atoms with Crippen LogP contribution in [0.5, 0.6) is 0 Å². The van der Waals surface area contributed by atoms with E-state index in [1.165, 1.54) is 23.1 Å². The molecule has 2 aromatic carbocycles. The normalized spacial score (nSPS) is 10.7. The number of anilines is 2. The molecule has 168 valence electrons. The van der Waals surface area contributed by atoms with E-state index < -0.39 is 0 Å². The van der Waals surface area contributed by atoms with Crippen LogP contribution >= 0.6 is 34.7 Å². The van der Waals surface area contributed by atoms with Crippen LogP contribution < -0.4 is 16.4 Å². The molecule has 0 radical (unpaired) electrons. The van der Waals surface area contributed by atoms with E-state index in [4.69, 9.17) is 17.3 Å². The SMILES string of the molecule is Nc1ccc(SCC(=O)NCCCCCC(=O)Nc2nc(-c3ccc(Cl)cc3)cs2)cc1. The van der Waals surface area contributed by atoms with Crippen LogP contribution in [-0.2, 0) is 9.59 Å². The quantitative estimate of drug-likeness (QED) is 0.189. The third-order valence-electron chi connectivity index (χ3n) is 4.54. The molecular formula is C23H25ClN4O2S2. The monoisotopic (exact) mass is 488 g/mol. The smallest absolute Gasteiger partial charge is 0.230 e. The summed E-state index contributed by atoms with van der Waals surface area (Å²) in [5, 5.41) is 8.94. The largest absolute Gasteiger partial charge is 0.399 e. The van der Waals surface area contributed by atoms with Gasteiger partial charge in [-0.15, -0.1) is 23.1 Å². The summed E-state index contributed by atoms with van der Waals surface area (Å²) in [7, 11) is 0. The zero-order chi connectivity index (χ0) is 22.8. The van der Waals surface area contributed by atoms with E-state index in [2.05, 4.69) is 15.6 Å². The molecule has 0 bridgehead atoms. The molecule has 9 heteroatoms. The minimum absolute atomic E-state index is 0.00447. The number of amides is 2. The highest BCUT2D eigenvalue weighted by Crippen LogP contribution is 2.26. The standard InChI is InChI=1S/C23H25ClN4O2S2/c24-17-7-5-16(6-8-17)20-14-32-23(27-20)28-21(29)4-2-1-3-13-26-22(30)15-31-19-11-9-18(25)10-12-19/h5-12,14H,1-4,13,15,25H2,(H,26,30)(H,27,28,29). The average molecular weight is 489 g/mol. The Kier molecular flexibility index (Phi) is 9.40. The zero-order valence-electron chi connectivity index (χ0n) is 17.5. The topological polar surface area (TPSA) is 97.1 Å². The number of nitrogens with one attached hydrogen (secondary N) is 2. The van der Waals surface area contributed by atoms with Crippen LogP contribution in [0.4, 0.5) is 10.8 Å². The molecule has 0 unspecified atom stereocenters. The van der Waals surface area contributed by atoms with E-state index in [9.17, 15) is 9.59 Å². The maximum absolute atomic E-state index is 12.1. The molecular weight excluding hydrogens is 464 g/mol. The molecule has 2 amide bonds. The van der Waals surface area contributed by atoms with Gasteiger partial charge in [0, 0.05) is 39.5 Å². The predicted molar refractivity (Wildman–Crippen MR) is 134 cm³/mol. The number of rotatable bonds is 11. The summed E-state index contributed by atoms with van der Waals surface area (Å²) in [5.74, 6) is 0.328. The molecule has 0 spiro atoms. The molecule has 1 aromatic heterocycles. The summed E-state index contributed by atoms with van der Waals surface area (Å²) in [6.07, 6.45) is 2.89. The molecule has 0 saturated carbocycles. The highest BCUT2D eigenvalue weighted by atomic mass is 35.5. The highest BCUT2D eigenvalue weighted by Gasteiger charge is 2.08. The second-order valence-corrected chi connectivity index (χ2v) is 9.45. The summed E-state index contributed by atoms with van der Waals surface area (Å²) in [4.78, 5) is 29.5. The van der Waals surface area contributed by atoms with Gasteiger partial charge in [0.1, 0.15) is 0 Å². The second kappa shape index (κ2) is 12.5. The first-order chi connectivity index (χ1) is 15.5. The van der Waals surface area contributed by atoms with Crippen molar-refractivity contribution in [2.45, 2.75) is 30.6 Å². The number of carbonyl (C=O) groups excluding carboxylic acids is 2. The average Bonchev–Trinajstić information content (AvgIpc) is 3.24. The number of unbranched alkanes of at least 4 members (excludes halogenated alkanes) is 2. The van der Waals surface area contributed by atoms with Gasteiger partial charge in [0.25, 0.3) is 0 Å². The van der Waals surface area contributed by atoms with Gasteiger partial charge in [-0.05, 0) is 49.2 Å². The first-order valence-corrected chi connectivity index (χ1v) is 12.5. The van der Waals surface area contributed by atoms with Crippen molar-refractivity contribution in [2.75, 3.05) is 23.3 Å². The molecule has 1 heterocycles. The number of hydrogen-bond donors (Lipinski definition) is 3. The van der Waals surface area contributed by atoms with Crippen molar-refractivity contribution in [3.63, 3.8) is 0 Å². The van der Waals surface area contributed by atoms with E-state index in [-0.39, 0.29) is 11.8 Å². The van der Waals surface area contributed by atoms with Crippen molar-refractivity contribution >= 4 is 57.3 Å². The van der Waals surface area contributed by atoms with Gasteiger partial charge in [-0.3, -0.25) is 9.59 Å². The molecule has 0 fully saturated rings. The van der Waals surface area contributed by atoms with Gasteiger partial charge in [-0.1, -0.05) is 30.2 Å². The number of benzene rings is 2. The van der Waals surface area contributed by atoms with Gasteiger partial charge >= 0.3 is 0 Å². The lowest BCUT2D eigenvalue weighted by Gasteiger charge is -2.06. The summed E-state index contributed by atoms with van der Waals surface area (Å²) >= 11 is 8.79. The third kappa shape index (κ3) is 8.18. The summed E-state index contributed by atoms with van der Waals surface area (Å²) in [6, 6.07) is 14.9. The molecule has 0 atom stereocenters. The van der Waals surface area contributed by atoms with Crippen molar-refractivity contribution in [1.82, 2.24) is 10.3 Å². The van der Waals surface area contributed by atoms with Crippen molar-refractivity contribution < 1.29 is 9.59 Å². The Labute approximate surface area is 201 Å². The van der Waals surface area contributed by atoms with E-state index in [1.807, 2.05) is 53.9 Å². The van der Waals surface area contributed by atoms with E-state index in [0.717, 1.165) is 35.4 Å². The lowest BCUT2D eigenvalue weighted by atomic mass is 10.2. The first-order valence-electron chi connectivity index (χ1n) is 10.3. The maximum atomic E-state index is 12.1. The first kappa shape index (κ1) is 24.1. The number of carbonyl (C=O) groups is 2. The lowest BCUT2D eigenvalue weighted by Crippen LogP contribution is -2.26. The van der Waals surface area contributed by atoms with Gasteiger partial charge in [-0.2, -0.15) is 0 Å². The number of nitrogens with zero attached hydrogens (tertiary/aromatic N) is 1. The molecule has 0 aliphatic carbocycles. The van der Waals surface area contributed by atoms with E-state index >= 15 is 0 Å². The molecule has 4 N–H and O–H groups in total. The number of thiazole rings is 1. The fraction of sp³-hybridized carbons (Fsp3) is 0.261. The Morgan fingerprint density at radius 1 is 1.00 bits per heavy atom. The molecule has 3 aromatic rings. The number of nitrogen functional groups attached to an aromatic ring is 1. The zero-order valence-corrected chi connectivity index (χ0v) is 19.9. The maximum Gasteiger partial charge on any atom is 0.230 e. The predicted octanol–water partition coefficient (Wildman–Crippen LogP) is 5.45. The van der Waals surface area contributed by atoms with Crippen molar-refractivity contribution in [3.05, 3.63) is 58.9 Å². The Balaban J connectivity index is 1.26. The fourth-order valence-electron chi connectivity index (χ4n) is 2.85. The van der Waals surface area contributed by atoms with Crippen LogP contribution in [0.15, 0.2) is 58.8 Å². The van der Waals surface area contributed by atoms with Crippen LogP contribution in [0.2, 0.25) is 5.02 Å². The Bertz CT molecular complexity index is 1020. The third-order valence-corrected chi connectivity index (χ3v) is 6.57. The van der Waals surface area contributed by atoms with Crippen molar-refractivity contribution in [1.29, 1.82) is 0 Å². The number of nitrogens with two attached hydrogens (primary N) is 1. The van der Waals surface area contributed by atoms with Crippen LogP contribution in [0, 0.1) is 0 Å². The molecule has 6 nitrogen and oxygen atoms in total. The van der Waals surface area contributed by atoms with Gasteiger partial charge in [0.15, 0.2) is 5.13 Å². The molecule has 3 rings (SSSR count). The van der Waals surface area contributed by atoms with Gasteiger partial charge in [0.2, 0.25) is 11.8 Å². The minimum atomic E-state index is -0.0501. The molecule has 0 aliphatic heterocycles. The van der Waals surface area contributed by atoms with Crippen LogP contribution in [0.25, 0.3) is 11.3 Å². The van der Waals surface area contributed by atoms with Crippen LogP contribution in [0.1, 0.15) is 25.7 Å². The molecule has 32 heavy (non-hydrogen) atoms. The van der Waals surface area contributed by atoms with Crippen LogP contribution in [0.3, 0.4) is 0 Å². The Hall–Kier alpha value is -2.55. The van der Waals surface area contributed by atoms with E-state index in [0.29, 0.717) is 34.6 Å². The summed E-state index contributed by atoms with van der Waals surface area (Å²) in [6.45, 7) is 0.611. The number of halogens is 1. The van der Waals surface area contributed by atoms with Gasteiger partial charge in [0.05, 0.1) is 11.4 Å². The number of thioether (sulfide) groups is 1. The molecule has 0 saturated heterocycles. The van der Waals surface area contributed by atoms with Crippen LogP contribution in [-0.4, -0.2) is 29.1 Å². The Morgan fingerprint density at radius 2 is 1.75 bits per heavy atom. The summed E-state index contributed by atoms with van der Waals surface area (Å²) in [5.41, 5.74) is 8.13. The lowest BCUT2D eigenvalue weighted by molar-refractivity contribution is -0.118. The Morgan fingerprint density at radius 3 is 2.50 bits per heavy atom. The molecule has 0 aliphatic rings. The van der Waals surface area contributed by atoms with Gasteiger partial charge in [-0.25, -0.2) is 4.98 Å². The minimum Gasteiger partial charge on any atom is -0.399 e. The highest BCUT2D eigenvalue weighted by molar-refractivity contribution is 8.00. The van der Waals surface area contributed by atoms with Gasteiger partial charge < -0.3 is 16.4 Å². The number of hydrogen-bond acceptors (Lipinski definition) is 6. The van der Waals surface area contributed by atoms with E-state index in [1.54, 1.807) is 0 Å². The summed E-state index contributed by atoms with van der Waals surface area (Å²) < 4.78 is 0. The fourth-order valence-corrected chi connectivity index (χ4v) is 4.44. The van der Waals surface area contributed by atoms with Crippen molar-refractivity contribution in [2.24, 2.45) is 0 Å². The van der Waals surface area contributed by atoms with Crippen molar-refractivity contribution in [3.8, 4) is 11.3 Å². The number of aromatic nitrogens is 1. The second-order valence-electron chi connectivity index (χ2n) is 7.11.